The molecule has 2 fully saturated rings. The van der Waals surface area contributed by atoms with Gasteiger partial charge >= 0.3 is 0 Å². The van der Waals surface area contributed by atoms with Crippen LogP contribution in [0.1, 0.15) is 25.3 Å². The average Bonchev–Trinajstić information content (AvgIpc) is 3.49. The van der Waals surface area contributed by atoms with Gasteiger partial charge in [-0.2, -0.15) is 0 Å². The van der Waals surface area contributed by atoms with Gasteiger partial charge in [0.2, 0.25) is 0 Å². The molecule has 2 aromatic carbocycles. The molecule has 0 radical (unpaired) electrons. The number of nitrogens with zero attached hydrogens (tertiary/aromatic N) is 2. The fourth-order valence-electron chi connectivity index (χ4n) is 3.83. The van der Waals surface area contributed by atoms with Crippen LogP contribution in [-0.4, -0.2) is 66.3 Å². The van der Waals surface area contributed by atoms with Crippen LogP contribution in [0, 0.1) is 0 Å². The van der Waals surface area contributed by atoms with Crippen LogP contribution in [-0.2, 0) is 9.59 Å². The second kappa shape index (κ2) is 12.2. The SMILES string of the molecule is CCOc1cc(/C=C2\SC(=O)N(CCOc3ccc(Cl)cc3)C2=O)ccc1OCC(=O)N1CCCC1. The molecule has 2 heterocycles. The van der Waals surface area contributed by atoms with E-state index >= 15 is 0 Å². The molecule has 0 atom stereocenters. The van der Waals surface area contributed by atoms with Crippen molar-refractivity contribution in [1.82, 2.24) is 9.80 Å². The zero-order chi connectivity index (χ0) is 25.5. The van der Waals surface area contributed by atoms with E-state index in [0.717, 1.165) is 42.6 Å². The van der Waals surface area contributed by atoms with Crippen LogP contribution in [0.3, 0.4) is 0 Å². The number of rotatable bonds is 10. The Morgan fingerprint density at radius 3 is 2.50 bits per heavy atom. The fraction of sp³-hybridized carbons (Fsp3) is 0.346. The lowest BCUT2D eigenvalue weighted by Crippen LogP contribution is -2.32. The summed E-state index contributed by atoms with van der Waals surface area (Å²) in [5, 5.41) is 0.248. The molecule has 0 aliphatic carbocycles. The summed E-state index contributed by atoms with van der Waals surface area (Å²) in [4.78, 5) is 40.8. The number of hydrogen-bond acceptors (Lipinski definition) is 7. The Balaban J connectivity index is 1.38. The van der Waals surface area contributed by atoms with Crippen LogP contribution in [0.2, 0.25) is 5.02 Å². The molecule has 10 heteroatoms. The highest BCUT2D eigenvalue weighted by Crippen LogP contribution is 2.34. The topological polar surface area (TPSA) is 85.4 Å². The van der Waals surface area contributed by atoms with Gasteiger partial charge in [0.1, 0.15) is 12.4 Å². The van der Waals surface area contributed by atoms with Crippen LogP contribution in [0.5, 0.6) is 17.2 Å². The van der Waals surface area contributed by atoms with Crippen molar-refractivity contribution in [3.05, 3.63) is 58.0 Å². The molecule has 4 rings (SSSR count). The third kappa shape index (κ3) is 6.53. The van der Waals surface area contributed by atoms with Crippen LogP contribution in [0.15, 0.2) is 47.4 Å². The fourth-order valence-corrected chi connectivity index (χ4v) is 4.82. The monoisotopic (exact) mass is 530 g/mol. The van der Waals surface area contributed by atoms with Crippen molar-refractivity contribution in [2.45, 2.75) is 19.8 Å². The first-order chi connectivity index (χ1) is 17.4. The molecular formula is C26H27ClN2O6S. The molecule has 0 spiro atoms. The molecule has 2 aliphatic heterocycles. The number of hydrogen-bond donors (Lipinski definition) is 0. The van der Waals surface area contributed by atoms with E-state index in [1.54, 1.807) is 53.4 Å². The van der Waals surface area contributed by atoms with Crippen molar-refractivity contribution in [3.8, 4) is 17.2 Å². The van der Waals surface area contributed by atoms with E-state index in [1.807, 2.05) is 6.92 Å². The van der Waals surface area contributed by atoms with Gasteiger partial charge in [-0.1, -0.05) is 17.7 Å². The third-order valence-corrected chi connectivity index (χ3v) is 6.81. The van der Waals surface area contributed by atoms with Crippen LogP contribution < -0.4 is 14.2 Å². The highest BCUT2D eigenvalue weighted by atomic mass is 35.5. The maximum atomic E-state index is 12.8. The van der Waals surface area contributed by atoms with Crippen molar-refractivity contribution in [2.24, 2.45) is 0 Å². The molecule has 0 aromatic heterocycles. The molecule has 36 heavy (non-hydrogen) atoms. The molecule has 0 saturated carbocycles. The Morgan fingerprint density at radius 2 is 1.78 bits per heavy atom. The van der Waals surface area contributed by atoms with Gasteiger partial charge in [-0.25, -0.2) is 0 Å². The van der Waals surface area contributed by atoms with E-state index in [4.69, 9.17) is 25.8 Å². The predicted octanol–water partition coefficient (Wildman–Crippen LogP) is 4.86. The standard InChI is InChI=1S/C26H27ClN2O6S/c1-2-33-22-15-18(5-10-21(22)35-17-24(30)28-11-3-4-12-28)16-23-25(31)29(26(32)36-23)13-14-34-20-8-6-19(27)7-9-20/h5-10,15-16H,2-4,11-14,17H2,1H3/b23-16-. The number of likely N-dealkylation sites (tertiary alicyclic amines) is 1. The Kier molecular flexibility index (Phi) is 8.77. The summed E-state index contributed by atoms with van der Waals surface area (Å²) >= 11 is 6.75. The summed E-state index contributed by atoms with van der Waals surface area (Å²) in [7, 11) is 0. The summed E-state index contributed by atoms with van der Waals surface area (Å²) in [6.45, 7) is 4.03. The molecule has 2 saturated heterocycles. The average molecular weight is 531 g/mol. The second-order valence-corrected chi connectivity index (χ2v) is 9.58. The molecule has 2 aromatic rings. The summed E-state index contributed by atoms with van der Waals surface area (Å²) in [6, 6.07) is 12.1. The van der Waals surface area contributed by atoms with E-state index < -0.39 is 0 Å². The number of halogens is 1. The quantitative estimate of drug-likeness (QED) is 0.406. The molecule has 2 aliphatic rings. The number of benzene rings is 2. The largest absolute Gasteiger partial charge is 0.492 e. The van der Waals surface area contributed by atoms with E-state index in [0.29, 0.717) is 39.3 Å². The van der Waals surface area contributed by atoms with Crippen molar-refractivity contribution in [2.75, 3.05) is 39.5 Å². The molecule has 0 N–H and O–H groups in total. The van der Waals surface area contributed by atoms with Crippen molar-refractivity contribution >= 4 is 46.5 Å². The number of carbonyl (C=O) groups is 3. The Labute approximate surface area is 219 Å². The Morgan fingerprint density at radius 1 is 1.03 bits per heavy atom. The summed E-state index contributed by atoms with van der Waals surface area (Å²) in [5.74, 6) is 1.10. The van der Waals surface area contributed by atoms with Crippen molar-refractivity contribution in [3.63, 3.8) is 0 Å². The van der Waals surface area contributed by atoms with Gasteiger partial charge in [0, 0.05) is 18.1 Å². The molecule has 8 nitrogen and oxygen atoms in total. The predicted molar refractivity (Wildman–Crippen MR) is 139 cm³/mol. The first kappa shape index (κ1) is 25.9. The highest BCUT2D eigenvalue weighted by Gasteiger charge is 2.34. The number of amides is 3. The zero-order valence-electron chi connectivity index (χ0n) is 19.9. The Hall–Kier alpha value is -3.17. The highest BCUT2D eigenvalue weighted by molar-refractivity contribution is 8.18. The zero-order valence-corrected chi connectivity index (χ0v) is 21.5. The minimum Gasteiger partial charge on any atom is -0.492 e. The molecule has 190 valence electrons. The van der Waals surface area contributed by atoms with Gasteiger partial charge in [-0.05, 0) is 79.6 Å². The summed E-state index contributed by atoms with van der Waals surface area (Å²) in [5.41, 5.74) is 0.680. The maximum Gasteiger partial charge on any atom is 0.293 e. The van der Waals surface area contributed by atoms with Gasteiger partial charge in [0.25, 0.3) is 17.1 Å². The van der Waals surface area contributed by atoms with Gasteiger partial charge < -0.3 is 19.1 Å². The van der Waals surface area contributed by atoms with Gasteiger partial charge in [0.15, 0.2) is 18.1 Å². The lowest BCUT2D eigenvalue weighted by Gasteiger charge is -2.17. The smallest absolute Gasteiger partial charge is 0.293 e. The second-order valence-electron chi connectivity index (χ2n) is 8.15. The third-order valence-electron chi connectivity index (χ3n) is 5.65. The minimum absolute atomic E-state index is 0.0484. The maximum absolute atomic E-state index is 12.8. The normalized spacial score (nSPS) is 16.7. The lowest BCUT2D eigenvalue weighted by molar-refractivity contribution is -0.132. The number of ether oxygens (including phenoxy) is 3. The number of thioether (sulfide) groups is 1. The molecule has 3 amide bonds. The summed E-state index contributed by atoms with van der Waals surface area (Å²) in [6.07, 6.45) is 3.68. The molecule has 0 bridgehead atoms. The summed E-state index contributed by atoms with van der Waals surface area (Å²) < 4.78 is 17.0. The van der Waals surface area contributed by atoms with E-state index in [2.05, 4.69) is 0 Å². The van der Waals surface area contributed by atoms with Crippen molar-refractivity contribution < 1.29 is 28.6 Å². The Bertz CT molecular complexity index is 1150. The van der Waals surface area contributed by atoms with Crippen molar-refractivity contribution in [1.29, 1.82) is 0 Å². The molecule has 0 unspecified atom stereocenters. The minimum atomic E-state index is -0.376. The van der Waals surface area contributed by atoms with Crippen LogP contribution >= 0.6 is 23.4 Å². The number of carbonyl (C=O) groups excluding carboxylic acids is 3. The van der Waals surface area contributed by atoms with E-state index in [-0.39, 0.29) is 36.8 Å². The van der Waals surface area contributed by atoms with Crippen LogP contribution in [0.25, 0.3) is 6.08 Å². The van der Waals surface area contributed by atoms with Gasteiger partial charge in [0.05, 0.1) is 18.1 Å². The van der Waals surface area contributed by atoms with E-state index in [1.165, 1.54) is 0 Å². The van der Waals surface area contributed by atoms with Gasteiger partial charge in [-0.3, -0.25) is 19.3 Å². The lowest BCUT2D eigenvalue weighted by atomic mass is 10.2. The van der Waals surface area contributed by atoms with E-state index in [9.17, 15) is 14.4 Å². The number of imide groups is 1. The first-order valence-corrected chi connectivity index (χ1v) is 12.9. The first-order valence-electron chi connectivity index (χ1n) is 11.8. The molecular weight excluding hydrogens is 504 g/mol. The van der Waals surface area contributed by atoms with Crippen LogP contribution in [0.4, 0.5) is 4.79 Å². The van der Waals surface area contributed by atoms with Gasteiger partial charge in [-0.15, -0.1) is 0 Å².